The van der Waals surface area contributed by atoms with Gasteiger partial charge in [0.15, 0.2) is 0 Å². The van der Waals surface area contributed by atoms with Gasteiger partial charge in [-0.2, -0.15) is 0 Å². The van der Waals surface area contributed by atoms with E-state index in [1.807, 2.05) is 0 Å². The van der Waals surface area contributed by atoms with Crippen molar-refractivity contribution in [1.82, 2.24) is 5.32 Å². The van der Waals surface area contributed by atoms with Crippen molar-refractivity contribution in [2.45, 2.75) is 38.8 Å². The molecule has 2 heteroatoms. The van der Waals surface area contributed by atoms with Crippen molar-refractivity contribution >= 4 is 0 Å². The van der Waals surface area contributed by atoms with Crippen LogP contribution in [0.1, 0.15) is 30.9 Å². The number of hydrogen-bond donors (Lipinski definition) is 1. The van der Waals surface area contributed by atoms with Crippen molar-refractivity contribution < 1.29 is 4.74 Å². The van der Waals surface area contributed by atoms with Crippen LogP contribution in [0.25, 0.3) is 11.1 Å². The van der Waals surface area contributed by atoms with Crippen LogP contribution in [0.15, 0.2) is 42.5 Å². The molecule has 1 saturated carbocycles. The fourth-order valence-corrected chi connectivity index (χ4v) is 2.57. The van der Waals surface area contributed by atoms with Crippen LogP contribution in [0.2, 0.25) is 0 Å². The lowest BCUT2D eigenvalue weighted by atomic mass is 10.0. The number of methoxy groups -OCH3 is 1. The summed E-state index contributed by atoms with van der Waals surface area (Å²) in [5.74, 6) is 0.970. The Kier molecular flexibility index (Phi) is 4.26. The Morgan fingerprint density at radius 3 is 2.38 bits per heavy atom. The van der Waals surface area contributed by atoms with E-state index in [2.05, 4.69) is 54.7 Å². The van der Waals surface area contributed by atoms with Crippen LogP contribution >= 0.6 is 0 Å². The molecule has 0 aromatic heterocycles. The molecular formula is C19H23NO. The summed E-state index contributed by atoms with van der Waals surface area (Å²) in [6.45, 7) is 3.07. The molecule has 2 nitrogen and oxygen atoms in total. The smallest absolute Gasteiger partial charge is 0.123 e. The highest BCUT2D eigenvalue weighted by Gasteiger charge is 2.20. The SMILES string of the molecule is CCc1ccc(-c2ccc(OC)c(CNC3CC3)c2)cc1. The van der Waals surface area contributed by atoms with Crippen LogP contribution in [0.3, 0.4) is 0 Å². The molecular weight excluding hydrogens is 258 g/mol. The molecule has 1 N–H and O–H groups in total. The normalized spacial score (nSPS) is 14.2. The Bertz CT molecular complexity index is 599. The molecule has 0 bridgehead atoms. The van der Waals surface area contributed by atoms with Gasteiger partial charge >= 0.3 is 0 Å². The highest BCUT2D eigenvalue weighted by Crippen LogP contribution is 2.28. The summed E-state index contributed by atoms with van der Waals surface area (Å²) in [6.07, 6.45) is 3.69. The van der Waals surface area contributed by atoms with Gasteiger partial charge in [-0.1, -0.05) is 37.3 Å². The highest BCUT2D eigenvalue weighted by atomic mass is 16.5. The molecule has 1 fully saturated rings. The van der Waals surface area contributed by atoms with Crippen LogP contribution in [-0.4, -0.2) is 13.2 Å². The third-order valence-electron chi connectivity index (χ3n) is 4.13. The monoisotopic (exact) mass is 281 g/mol. The number of benzene rings is 2. The predicted octanol–water partition coefficient (Wildman–Crippen LogP) is 4.18. The largest absolute Gasteiger partial charge is 0.496 e. The Morgan fingerprint density at radius 2 is 1.76 bits per heavy atom. The van der Waals surface area contributed by atoms with Crippen molar-refractivity contribution in [3.05, 3.63) is 53.6 Å². The van der Waals surface area contributed by atoms with Gasteiger partial charge in [-0.05, 0) is 48.1 Å². The Morgan fingerprint density at radius 1 is 1.05 bits per heavy atom. The van der Waals surface area contributed by atoms with Gasteiger partial charge in [-0.15, -0.1) is 0 Å². The first-order chi connectivity index (χ1) is 10.3. The molecule has 21 heavy (non-hydrogen) atoms. The number of ether oxygens (including phenoxy) is 1. The fourth-order valence-electron chi connectivity index (χ4n) is 2.57. The van der Waals surface area contributed by atoms with Gasteiger partial charge in [0.2, 0.25) is 0 Å². The number of aryl methyl sites for hydroxylation is 1. The van der Waals surface area contributed by atoms with E-state index in [-0.39, 0.29) is 0 Å². The molecule has 2 aromatic rings. The molecule has 0 amide bonds. The van der Waals surface area contributed by atoms with Crippen molar-refractivity contribution in [2.24, 2.45) is 0 Å². The molecule has 0 spiro atoms. The lowest BCUT2D eigenvalue weighted by molar-refractivity contribution is 0.407. The van der Waals surface area contributed by atoms with Crippen molar-refractivity contribution in [2.75, 3.05) is 7.11 Å². The summed E-state index contributed by atoms with van der Waals surface area (Å²) in [5.41, 5.74) is 5.14. The molecule has 2 aromatic carbocycles. The summed E-state index contributed by atoms with van der Waals surface area (Å²) in [6, 6.07) is 16.0. The van der Waals surface area contributed by atoms with E-state index < -0.39 is 0 Å². The molecule has 0 radical (unpaired) electrons. The van der Waals surface area contributed by atoms with Crippen LogP contribution in [0, 0.1) is 0 Å². The zero-order valence-electron chi connectivity index (χ0n) is 12.9. The second-order valence-electron chi connectivity index (χ2n) is 5.73. The van der Waals surface area contributed by atoms with Crippen molar-refractivity contribution in [3.8, 4) is 16.9 Å². The second-order valence-corrected chi connectivity index (χ2v) is 5.73. The van der Waals surface area contributed by atoms with E-state index in [0.29, 0.717) is 6.04 Å². The standard InChI is InChI=1S/C19H23NO/c1-3-14-4-6-15(7-5-14)16-8-11-19(21-2)17(12-16)13-20-18-9-10-18/h4-8,11-12,18,20H,3,9-10,13H2,1-2H3. The Balaban J connectivity index is 1.84. The van der Waals surface area contributed by atoms with Gasteiger partial charge in [0, 0.05) is 18.2 Å². The molecule has 0 atom stereocenters. The van der Waals surface area contributed by atoms with E-state index >= 15 is 0 Å². The van der Waals surface area contributed by atoms with Gasteiger partial charge in [0.25, 0.3) is 0 Å². The third kappa shape index (κ3) is 3.45. The summed E-state index contributed by atoms with van der Waals surface area (Å²) in [5, 5.41) is 3.56. The number of nitrogens with one attached hydrogen (secondary N) is 1. The molecule has 0 heterocycles. The fraction of sp³-hybridized carbons (Fsp3) is 0.368. The molecule has 0 unspecified atom stereocenters. The van der Waals surface area contributed by atoms with Crippen LogP contribution in [0.5, 0.6) is 5.75 Å². The maximum atomic E-state index is 5.49. The molecule has 1 aliphatic rings. The number of hydrogen-bond acceptors (Lipinski definition) is 2. The van der Waals surface area contributed by atoms with E-state index in [9.17, 15) is 0 Å². The first kappa shape index (κ1) is 14.2. The summed E-state index contributed by atoms with van der Waals surface area (Å²) < 4.78 is 5.49. The zero-order valence-corrected chi connectivity index (χ0v) is 12.9. The second kappa shape index (κ2) is 6.31. The van der Waals surface area contributed by atoms with Gasteiger partial charge in [0.05, 0.1) is 7.11 Å². The maximum Gasteiger partial charge on any atom is 0.123 e. The van der Waals surface area contributed by atoms with Gasteiger partial charge < -0.3 is 10.1 Å². The lowest BCUT2D eigenvalue weighted by Gasteiger charge is -2.12. The minimum absolute atomic E-state index is 0.710. The minimum Gasteiger partial charge on any atom is -0.496 e. The van der Waals surface area contributed by atoms with Gasteiger partial charge in [-0.25, -0.2) is 0 Å². The predicted molar refractivity (Wildman–Crippen MR) is 87.7 cm³/mol. The average molecular weight is 281 g/mol. The summed E-state index contributed by atoms with van der Waals surface area (Å²) >= 11 is 0. The van der Waals surface area contributed by atoms with Crippen LogP contribution in [-0.2, 0) is 13.0 Å². The van der Waals surface area contributed by atoms with Crippen molar-refractivity contribution in [1.29, 1.82) is 0 Å². The molecule has 0 aliphatic heterocycles. The van der Waals surface area contributed by atoms with E-state index in [1.54, 1.807) is 7.11 Å². The Hall–Kier alpha value is -1.80. The van der Waals surface area contributed by atoms with E-state index in [1.165, 1.54) is 35.1 Å². The van der Waals surface area contributed by atoms with Crippen LogP contribution < -0.4 is 10.1 Å². The molecule has 3 rings (SSSR count). The van der Waals surface area contributed by atoms with E-state index in [0.717, 1.165) is 18.7 Å². The van der Waals surface area contributed by atoms with Gasteiger partial charge in [0.1, 0.15) is 5.75 Å². The minimum atomic E-state index is 0.710. The third-order valence-corrected chi connectivity index (χ3v) is 4.13. The quantitative estimate of drug-likeness (QED) is 0.857. The average Bonchev–Trinajstić information content (AvgIpc) is 3.37. The van der Waals surface area contributed by atoms with Gasteiger partial charge in [-0.3, -0.25) is 0 Å². The number of rotatable bonds is 6. The van der Waals surface area contributed by atoms with E-state index in [4.69, 9.17) is 4.74 Å². The summed E-state index contributed by atoms with van der Waals surface area (Å²) in [7, 11) is 1.74. The first-order valence-electron chi connectivity index (χ1n) is 7.79. The molecule has 0 saturated heterocycles. The lowest BCUT2D eigenvalue weighted by Crippen LogP contribution is -2.15. The van der Waals surface area contributed by atoms with Crippen molar-refractivity contribution in [3.63, 3.8) is 0 Å². The summed E-state index contributed by atoms with van der Waals surface area (Å²) in [4.78, 5) is 0. The molecule has 110 valence electrons. The Labute approximate surface area is 127 Å². The molecule has 1 aliphatic carbocycles. The highest BCUT2D eigenvalue weighted by molar-refractivity contribution is 5.66. The first-order valence-corrected chi connectivity index (χ1v) is 7.79. The van der Waals surface area contributed by atoms with Crippen LogP contribution in [0.4, 0.5) is 0 Å². The topological polar surface area (TPSA) is 21.3 Å². The zero-order chi connectivity index (χ0) is 14.7. The maximum absolute atomic E-state index is 5.49.